The summed E-state index contributed by atoms with van der Waals surface area (Å²) in [5.74, 6) is 0.676. The Bertz CT molecular complexity index is 815. The molecule has 0 N–H and O–H groups in total. The number of thiophene rings is 1. The van der Waals surface area contributed by atoms with Gasteiger partial charge in [0.1, 0.15) is 5.82 Å². The van der Waals surface area contributed by atoms with Gasteiger partial charge in [0, 0.05) is 35.8 Å². The monoisotopic (exact) mass is 404 g/mol. The van der Waals surface area contributed by atoms with Crippen molar-refractivity contribution in [2.24, 2.45) is 0 Å². The molecule has 7 heteroatoms. The maximum Gasteiger partial charge on any atom is 0.254 e. The van der Waals surface area contributed by atoms with Crippen molar-refractivity contribution in [2.45, 2.75) is 24.1 Å². The zero-order chi connectivity index (χ0) is 18.9. The minimum absolute atomic E-state index is 0.0432. The molecule has 0 radical (unpaired) electrons. The quantitative estimate of drug-likeness (QED) is 0.784. The number of hydrogen-bond donors (Lipinski definition) is 0. The van der Waals surface area contributed by atoms with Crippen LogP contribution in [0.1, 0.15) is 28.1 Å². The fourth-order valence-electron chi connectivity index (χ4n) is 3.84. The summed E-state index contributed by atoms with van der Waals surface area (Å²) in [6, 6.07) is 9.71. The number of likely N-dealkylation sites (tertiary alicyclic amines) is 1. The van der Waals surface area contributed by atoms with Crippen LogP contribution in [-0.4, -0.2) is 51.9 Å². The van der Waals surface area contributed by atoms with Crippen LogP contribution in [0.15, 0.2) is 41.8 Å². The third-order valence-corrected chi connectivity index (χ3v) is 7.75. The average Bonchev–Trinajstić information content (AvgIpc) is 3.32. The number of carbonyl (C=O) groups excluding carboxylic acids is 2. The number of hydrogen-bond acceptors (Lipinski definition) is 4. The molecule has 4 rings (SSSR count). The van der Waals surface area contributed by atoms with E-state index in [1.165, 1.54) is 12.1 Å². The van der Waals surface area contributed by atoms with Crippen LogP contribution in [0.5, 0.6) is 0 Å². The highest BCUT2D eigenvalue weighted by atomic mass is 32.2. The molecule has 3 heterocycles. The van der Waals surface area contributed by atoms with Gasteiger partial charge < -0.3 is 9.80 Å². The first-order valence-corrected chi connectivity index (χ1v) is 11.0. The average molecular weight is 405 g/mol. The van der Waals surface area contributed by atoms with Gasteiger partial charge in [-0.1, -0.05) is 6.07 Å². The molecule has 0 unspecified atom stereocenters. The summed E-state index contributed by atoms with van der Waals surface area (Å²) in [5, 5.41) is 1.99. The predicted molar refractivity (Wildman–Crippen MR) is 106 cm³/mol. The molecule has 0 aliphatic carbocycles. The lowest BCUT2D eigenvalue weighted by Crippen LogP contribution is -2.53. The molecule has 1 aromatic heterocycles. The molecule has 1 aromatic carbocycles. The first-order chi connectivity index (χ1) is 13.1. The fraction of sp³-hybridized carbons (Fsp3) is 0.400. The highest BCUT2D eigenvalue weighted by Gasteiger charge is 2.47. The molecule has 2 saturated heterocycles. The number of benzene rings is 1. The molecule has 142 valence electrons. The van der Waals surface area contributed by atoms with Crippen molar-refractivity contribution in [3.63, 3.8) is 0 Å². The van der Waals surface area contributed by atoms with Gasteiger partial charge >= 0.3 is 0 Å². The molecule has 4 nitrogen and oxygen atoms in total. The largest absolute Gasteiger partial charge is 0.342 e. The van der Waals surface area contributed by atoms with Gasteiger partial charge in [-0.15, -0.1) is 23.1 Å². The molecule has 0 atom stereocenters. The van der Waals surface area contributed by atoms with E-state index < -0.39 is 0 Å². The first-order valence-electron chi connectivity index (χ1n) is 9.09. The third-order valence-electron chi connectivity index (χ3n) is 5.32. The summed E-state index contributed by atoms with van der Waals surface area (Å²) in [5.41, 5.74) is 0.523. The summed E-state index contributed by atoms with van der Waals surface area (Å²) in [6.45, 7) is 2.04. The summed E-state index contributed by atoms with van der Waals surface area (Å²) in [4.78, 5) is 30.2. The summed E-state index contributed by atoms with van der Waals surface area (Å²) in [6.07, 6.45) is 2.01. The predicted octanol–water partition coefficient (Wildman–Crippen LogP) is 3.64. The van der Waals surface area contributed by atoms with Crippen LogP contribution in [-0.2, 0) is 11.2 Å². The van der Waals surface area contributed by atoms with E-state index >= 15 is 0 Å². The fourth-order valence-corrected chi connectivity index (χ4v) is 5.99. The number of rotatable bonds is 3. The van der Waals surface area contributed by atoms with Crippen LogP contribution in [0.3, 0.4) is 0 Å². The highest BCUT2D eigenvalue weighted by molar-refractivity contribution is 8.00. The second-order valence-corrected chi connectivity index (χ2v) is 9.38. The smallest absolute Gasteiger partial charge is 0.254 e. The van der Waals surface area contributed by atoms with Crippen molar-refractivity contribution < 1.29 is 14.0 Å². The zero-order valence-electron chi connectivity index (χ0n) is 14.9. The lowest BCUT2D eigenvalue weighted by molar-refractivity contribution is -0.132. The number of amides is 2. The Morgan fingerprint density at radius 2 is 1.81 bits per heavy atom. The second kappa shape index (κ2) is 7.64. The van der Waals surface area contributed by atoms with Gasteiger partial charge in [-0.05, 0) is 48.6 Å². The maximum atomic E-state index is 13.2. The Morgan fingerprint density at radius 1 is 1.07 bits per heavy atom. The van der Waals surface area contributed by atoms with Gasteiger partial charge in [-0.3, -0.25) is 9.59 Å². The van der Waals surface area contributed by atoms with Crippen LogP contribution in [0.25, 0.3) is 0 Å². The summed E-state index contributed by atoms with van der Waals surface area (Å²) in [7, 11) is 0. The van der Waals surface area contributed by atoms with E-state index in [0.29, 0.717) is 31.6 Å². The standard InChI is InChI=1S/C20H21FN2O2S2/c21-16-5-3-15(4-6-16)19(25)23-11-13-27-20(23)7-9-22(10-8-20)18(24)14-17-2-1-12-26-17/h1-6,12H,7-11,13-14H2. The van der Waals surface area contributed by atoms with Gasteiger partial charge in [-0.2, -0.15) is 0 Å². The molecule has 2 aromatic rings. The van der Waals surface area contributed by atoms with E-state index in [9.17, 15) is 14.0 Å². The van der Waals surface area contributed by atoms with E-state index in [4.69, 9.17) is 0 Å². The van der Waals surface area contributed by atoms with Crippen LogP contribution in [0.4, 0.5) is 4.39 Å². The molecule has 2 fully saturated rings. The van der Waals surface area contributed by atoms with Crippen molar-refractivity contribution in [1.82, 2.24) is 9.80 Å². The van der Waals surface area contributed by atoms with Crippen LogP contribution in [0.2, 0.25) is 0 Å². The van der Waals surface area contributed by atoms with Crippen molar-refractivity contribution in [1.29, 1.82) is 0 Å². The minimum atomic E-state index is -0.338. The molecule has 1 spiro atoms. The Hall–Kier alpha value is -1.86. The second-order valence-electron chi connectivity index (χ2n) is 6.90. The molecule has 27 heavy (non-hydrogen) atoms. The molecule has 2 aliphatic heterocycles. The maximum absolute atomic E-state index is 13.2. The topological polar surface area (TPSA) is 40.6 Å². The van der Waals surface area contributed by atoms with Crippen molar-refractivity contribution in [3.8, 4) is 0 Å². The Balaban J connectivity index is 1.42. The molecule has 2 aliphatic rings. The van der Waals surface area contributed by atoms with Crippen molar-refractivity contribution in [2.75, 3.05) is 25.4 Å². The summed E-state index contributed by atoms with van der Waals surface area (Å²) < 4.78 is 13.2. The van der Waals surface area contributed by atoms with E-state index in [1.54, 1.807) is 23.5 Å². The highest BCUT2D eigenvalue weighted by Crippen LogP contribution is 2.44. The SMILES string of the molecule is O=C(Cc1cccs1)N1CCC2(CC1)SCCN2C(=O)c1ccc(F)cc1. The van der Waals surface area contributed by atoms with E-state index in [0.717, 1.165) is 23.5 Å². The van der Waals surface area contributed by atoms with Crippen LogP contribution in [0, 0.1) is 5.82 Å². The molecule has 0 saturated carbocycles. The Morgan fingerprint density at radius 3 is 2.48 bits per heavy atom. The third kappa shape index (κ3) is 3.75. The van der Waals surface area contributed by atoms with Gasteiger partial charge in [0.05, 0.1) is 11.3 Å². The van der Waals surface area contributed by atoms with Crippen molar-refractivity contribution >= 4 is 34.9 Å². The van der Waals surface area contributed by atoms with Crippen LogP contribution >= 0.6 is 23.1 Å². The number of halogens is 1. The normalized spacial score (nSPS) is 18.9. The van der Waals surface area contributed by atoms with Gasteiger partial charge in [0.15, 0.2) is 0 Å². The lowest BCUT2D eigenvalue weighted by atomic mass is 10.0. The molecular formula is C20H21FN2O2S2. The number of thioether (sulfide) groups is 1. The van der Waals surface area contributed by atoms with Gasteiger partial charge in [0.2, 0.25) is 5.91 Å². The molecule has 0 bridgehead atoms. The van der Waals surface area contributed by atoms with Crippen molar-refractivity contribution in [3.05, 3.63) is 58.0 Å². The van der Waals surface area contributed by atoms with Crippen LogP contribution < -0.4 is 0 Å². The van der Waals surface area contributed by atoms with Gasteiger partial charge in [0.25, 0.3) is 5.91 Å². The molecule has 2 amide bonds. The lowest BCUT2D eigenvalue weighted by Gasteiger charge is -2.44. The number of nitrogens with zero attached hydrogens (tertiary/aromatic N) is 2. The van der Waals surface area contributed by atoms with Gasteiger partial charge in [-0.25, -0.2) is 4.39 Å². The summed E-state index contributed by atoms with van der Waals surface area (Å²) >= 11 is 3.42. The van der Waals surface area contributed by atoms with E-state index in [-0.39, 0.29) is 22.5 Å². The zero-order valence-corrected chi connectivity index (χ0v) is 16.5. The first kappa shape index (κ1) is 18.5. The number of carbonyl (C=O) groups is 2. The van der Waals surface area contributed by atoms with E-state index in [2.05, 4.69) is 0 Å². The number of piperidine rings is 1. The Kier molecular flexibility index (Phi) is 5.23. The minimum Gasteiger partial charge on any atom is -0.342 e. The Labute approximate surface area is 166 Å². The van der Waals surface area contributed by atoms with E-state index in [1.807, 2.05) is 39.1 Å². The molecular weight excluding hydrogens is 383 g/mol.